The standard InChI is InChI=1S/C11H12ClF3N2O/c1-17(7-6-12)10(18)16-9-5-3-2-4-8(9)11(13,14)15/h2-5H,6-7H2,1H3,(H,16,18). The van der Waals surface area contributed by atoms with Crippen LogP contribution in [-0.4, -0.2) is 30.4 Å². The van der Waals surface area contributed by atoms with Gasteiger partial charge < -0.3 is 10.2 Å². The molecule has 0 bridgehead atoms. The summed E-state index contributed by atoms with van der Waals surface area (Å²) in [7, 11) is 1.45. The van der Waals surface area contributed by atoms with E-state index in [9.17, 15) is 18.0 Å². The lowest BCUT2D eigenvalue weighted by Gasteiger charge is -2.19. The number of alkyl halides is 4. The van der Waals surface area contributed by atoms with Crippen molar-refractivity contribution in [3.63, 3.8) is 0 Å². The number of carbonyl (C=O) groups excluding carboxylic acids is 1. The summed E-state index contributed by atoms with van der Waals surface area (Å²) in [5.41, 5.74) is -1.14. The van der Waals surface area contributed by atoms with Gasteiger partial charge in [0.2, 0.25) is 0 Å². The topological polar surface area (TPSA) is 32.3 Å². The van der Waals surface area contributed by atoms with E-state index in [0.717, 1.165) is 6.07 Å². The van der Waals surface area contributed by atoms with Gasteiger partial charge in [-0.3, -0.25) is 0 Å². The number of nitrogens with zero attached hydrogens (tertiary/aromatic N) is 1. The van der Waals surface area contributed by atoms with Crippen LogP contribution in [0.2, 0.25) is 0 Å². The number of benzene rings is 1. The Labute approximate surface area is 108 Å². The number of hydrogen-bond acceptors (Lipinski definition) is 1. The largest absolute Gasteiger partial charge is 0.418 e. The van der Waals surface area contributed by atoms with Crippen molar-refractivity contribution in [1.82, 2.24) is 4.90 Å². The molecule has 0 fully saturated rings. The molecule has 3 nitrogen and oxygen atoms in total. The zero-order chi connectivity index (χ0) is 13.8. The number of amides is 2. The second-order valence-corrected chi connectivity index (χ2v) is 3.96. The molecule has 1 rings (SSSR count). The lowest BCUT2D eigenvalue weighted by Crippen LogP contribution is -2.33. The molecule has 7 heteroatoms. The van der Waals surface area contributed by atoms with Crippen molar-refractivity contribution in [2.75, 3.05) is 24.8 Å². The summed E-state index contributed by atoms with van der Waals surface area (Å²) in [5, 5.41) is 2.21. The van der Waals surface area contributed by atoms with Gasteiger partial charge in [-0.05, 0) is 12.1 Å². The van der Waals surface area contributed by atoms with Crippen LogP contribution in [0.15, 0.2) is 24.3 Å². The molecule has 18 heavy (non-hydrogen) atoms. The summed E-state index contributed by atoms with van der Waals surface area (Å²) >= 11 is 5.45. The van der Waals surface area contributed by atoms with E-state index in [-0.39, 0.29) is 18.1 Å². The fraction of sp³-hybridized carbons (Fsp3) is 0.364. The molecule has 2 amide bonds. The Hall–Kier alpha value is -1.43. The minimum Gasteiger partial charge on any atom is -0.326 e. The third-order valence-electron chi connectivity index (χ3n) is 2.24. The molecule has 1 aromatic carbocycles. The molecular formula is C11H12ClF3N2O. The van der Waals surface area contributed by atoms with E-state index >= 15 is 0 Å². The average molecular weight is 281 g/mol. The van der Waals surface area contributed by atoms with E-state index in [0.29, 0.717) is 0 Å². The fourth-order valence-corrected chi connectivity index (χ4v) is 1.53. The first-order chi connectivity index (χ1) is 8.36. The number of carbonyl (C=O) groups is 1. The van der Waals surface area contributed by atoms with Gasteiger partial charge in [0.1, 0.15) is 0 Å². The Bertz CT molecular complexity index is 423. The van der Waals surface area contributed by atoms with Crippen LogP contribution in [-0.2, 0) is 6.18 Å². The summed E-state index contributed by atoms with van der Waals surface area (Å²) in [6.07, 6.45) is -4.51. The number of nitrogens with one attached hydrogen (secondary N) is 1. The van der Waals surface area contributed by atoms with E-state index in [1.807, 2.05) is 0 Å². The summed E-state index contributed by atoms with van der Waals surface area (Å²) in [4.78, 5) is 12.8. The predicted molar refractivity (Wildman–Crippen MR) is 63.8 cm³/mol. The third-order valence-corrected chi connectivity index (χ3v) is 2.41. The number of urea groups is 1. The molecule has 0 saturated carbocycles. The number of halogens is 4. The van der Waals surface area contributed by atoms with Crippen LogP contribution in [0.1, 0.15) is 5.56 Å². The van der Waals surface area contributed by atoms with Crippen LogP contribution >= 0.6 is 11.6 Å². The highest BCUT2D eigenvalue weighted by molar-refractivity contribution is 6.18. The molecule has 0 aromatic heterocycles. The molecule has 1 N–H and O–H groups in total. The molecule has 0 atom stereocenters. The highest BCUT2D eigenvalue weighted by Gasteiger charge is 2.33. The number of anilines is 1. The van der Waals surface area contributed by atoms with Crippen LogP contribution in [0, 0.1) is 0 Å². The van der Waals surface area contributed by atoms with Crippen molar-refractivity contribution in [1.29, 1.82) is 0 Å². The normalized spacial score (nSPS) is 11.2. The minimum absolute atomic E-state index is 0.213. The van der Waals surface area contributed by atoms with Gasteiger partial charge in [-0.1, -0.05) is 12.1 Å². The highest BCUT2D eigenvalue weighted by atomic mass is 35.5. The van der Waals surface area contributed by atoms with Gasteiger partial charge in [0.25, 0.3) is 0 Å². The zero-order valence-corrected chi connectivity index (χ0v) is 10.3. The van der Waals surface area contributed by atoms with Crippen molar-refractivity contribution < 1.29 is 18.0 Å². The molecular weight excluding hydrogens is 269 g/mol. The van der Waals surface area contributed by atoms with E-state index in [2.05, 4.69) is 5.32 Å². The number of rotatable bonds is 3. The van der Waals surface area contributed by atoms with Crippen molar-refractivity contribution in [3.05, 3.63) is 29.8 Å². The van der Waals surface area contributed by atoms with Gasteiger partial charge in [0.15, 0.2) is 0 Å². The van der Waals surface area contributed by atoms with Crippen LogP contribution in [0.5, 0.6) is 0 Å². The maximum absolute atomic E-state index is 12.7. The average Bonchev–Trinajstić information content (AvgIpc) is 2.28. The second kappa shape index (κ2) is 5.95. The van der Waals surface area contributed by atoms with Crippen LogP contribution in [0.4, 0.5) is 23.7 Å². The minimum atomic E-state index is -4.51. The van der Waals surface area contributed by atoms with Gasteiger partial charge >= 0.3 is 12.2 Å². The maximum atomic E-state index is 12.7. The lowest BCUT2D eigenvalue weighted by molar-refractivity contribution is -0.136. The summed E-state index contributed by atoms with van der Waals surface area (Å²) < 4.78 is 38.0. The van der Waals surface area contributed by atoms with E-state index < -0.39 is 17.8 Å². The predicted octanol–water partition coefficient (Wildman–Crippen LogP) is 3.41. The first-order valence-corrected chi connectivity index (χ1v) is 5.64. The summed E-state index contributed by atoms with van der Waals surface area (Å²) in [6, 6.07) is 4.17. The Morgan fingerprint density at radius 3 is 2.56 bits per heavy atom. The summed E-state index contributed by atoms with van der Waals surface area (Å²) in [5.74, 6) is 0.213. The van der Waals surface area contributed by atoms with Gasteiger partial charge in [0, 0.05) is 19.5 Å². The molecule has 1 aromatic rings. The van der Waals surface area contributed by atoms with E-state index in [1.54, 1.807) is 0 Å². The third kappa shape index (κ3) is 3.80. The van der Waals surface area contributed by atoms with Crippen LogP contribution < -0.4 is 5.32 Å². The smallest absolute Gasteiger partial charge is 0.326 e. The first-order valence-electron chi connectivity index (χ1n) is 5.10. The number of para-hydroxylation sites is 1. The van der Waals surface area contributed by atoms with Gasteiger partial charge in [0.05, 0.1) is 11.3 Å². The van der Waals surface area contributed by atoms with Gasteiger partial charge in [-0.25, -0.2) is 4.79 Å². The first kappa shape index (κ1) is 14.6. The monoisotopic (exact) mass is 280 g/mol. The Morgan fingerprint density at radius 1 is 1.39 bits per heavy atom. The van der Waals surface area contributed by atoms with Crippen LogP contribution in [0.25, 0.3) is 0 Å². The SMILES string of the molecule is CN(CCCl)C(=O)Nc1ccccc1C(F)(F)F. The molecule has 0 spiro atoms. The molecule has 0 aliphatic carbocycles. The van der Waals surface area contributed by atoms with Gasteiger partial charge in [-0.15, -0.1) is 11.6 Å². The number of hydrogen-bond donors (Lipinski definition) is 1. The molecule has 0 aliphatic rings. The maximum Gasteiger partial charge on any atom is 0.418 e. The fourth-order valence-electron chi connectivity index (χ4n) is 1.28. The Kier molecular flexibility index (Phi) is 4.84. The van der Waals surface area contributed by atoms with Crippen molar-refractivity contribution in [2.45, 2.75) is 6.18 Å². The zero-order valence-electron chi connectivity index (χ0n) is 9.59. The van der Waals surface area contributed by atoms with Crippen molar-refractivity contribution >= 4 is 23.3 Å². The van der Waals surface area contributed by atoms with E-state index in [1.165, 1.54) is 30.1 Å². The van der Waals surface area contributed by atoms with Crippen molar-refractivity contribution in [2.24, 2.45) is 0 Å². The Balaban J connectivity index is 2.88. The van der Waals surface area contributed by atoms with Crippen LogP contribution in [0.3, 0.4) is 0 Å². The molecule has 0 heterocycles. The second-order valence-electron chi connectivity index (χ2n) is 3.58. The lowest BCUT2D eigenvalue weighted by atomic mass is 10.1. The molecule has 100 valence electrons. The molecule has 0 radical (unpaired) electrons. The highest BCUT2D eigenvalue weighted by Crippen LogP contribution is 2.34. The van der Waals surface area contributed by atoms with E-state index in [4.69, 9.17) is 11.6 Å². The quantitative estimate of drug-likeness (QED) is 0.846. The van der Waals surface area contributed by atoms with Crippen molar-refractivity contribution in [3.8, 4) is 0 Å². The van der Waals surface area contributed by atoms with Gasteiger partial charge in [-0.2, -0.15) is 13.2 Å². The molecule has 0 aliphatic heterocycles. The molecule has 0 saturated heterocycles. The Morgan fingerprint density at radius 2 is 2.00 bits per heavy atom. The summed E-state index contributed by atoms with van der Waals surface area (Å²) in [6.45, 7) is 0.252. The molecule has 0 unspecified atom stereocenters.